The number of carbonyl (C=O) groups excluding carboxylic acids is 1. The van der Waals surface area contributed by atoms with Gasteiger partial charge in [0, 0.05) is 32.5 Å². The number of nitrogens with zero attached hydrogens (tertiary/aromatic N) is 3. The largest absolute Gasteiger partial charge is 0.481 e. The van der Waals surface area contributed by atoms with E-state index in [4.69, 9.17) is 0 Å². The first-order valence-corrected chi connectivity index (χ1v) is 6.70. The van der Waals surface area contributed by atoms with Gasteiger partial charge in [-0.15, -0.1) is 0 Å². The Hall–Kier alpha value is -2.05. The number of H-pyrrole nitrogens is 1. The summed E-state index contributed by atoms with van der Waals surface area (Å²) in [5.74, 6) is -0.107. The van der Waals surface area contributed by atoms with E-state index in [2.05, 4.69) is 9.97 Å². The number of amides is 2. The van der Waals surface area contributed by atoms with E-state index in [0.717, 1.165) is 0 Å². The quantitative estimate of drug-likeness (QED) is 0.865. The second kappa shape index (κ2) is 5.52. The number of carbonyl (C=O) groups is 2. The minimum absolute atomic E-state index is 0.155. The summed E-state index contributed by atoms with van der Waals surface area (Å²) in [6.45, 7) is 3.00. The van der Waals surface area contributed by atoms with Gasteiger partial charge in [0.1, 0.15) is 5.82 Å². The van der Waals surface area contributed by atoms with Crippen molar-refractivity contribution in [3.63, 3.8) is 0 Å². The van der Waals surface area contributed by atoms with Crippen LogP contribution in [0.1, 0.15) is 25.6 Å². The van der Waals surface area contributed by atoms with Gasteiger partial charge >= 0.3 is 12.0 Å². The summed E-state index contributed by atoms with van der Waals surface area (Å²) in [7, 11) is 1.69. The molecule has 1 aliphatic rings. The van der Waals surface area contributed by atoms with Crippen molar-refractivity contribution in [1.82, 2.24) is 19.8 Å². The van der Waals surface area contributed by atoms with E-state index < -0.39 is 11.4 Å². The smallest absolute Gasteiger partial charge is 0.320 e. The predicted molar refractivity (Wildman–Crippen MR) is 72.0 cm³/mol. The number of likely N-dealkylation sites (tertiary alicyclic amines) is 1. The van der Waals surface area contributed by atoms with Gasteiger partial charge in [-0.1, -0.05) is 6.92 Å². The van der Waals surface area contributed by atoms with Crippen LogP contribution in [0.15, 0.2) is 12.4 Å². The van der Waals surface area contributed by atoms with Crippen molar-refractivity contribution in [2.45, 2.75) is 26.3 Å². The van der Waals surface area contributed by atoms with E-state index >= 15 is 0 Å². The molecule has 7 nitrogen and oxygen atoms in total. The van der Waals surface area contributed by atoms with Crippen LogP contribution in [0.5, 0.6) is 0 Å². The SMILES string of the molecule is CCC1(C(=O)O)CCN(C(=O)N(C)Cc2ncc[nH]2)C1. The molecule has 1 unspecified atom stereocenters. The van der Waals surface area contributed by atoms with Gasteiger partial charge in [-0.05, 0) is 12.8 Å². The summed E-state index contributed by atoms with van der Waals surface area (Å²) < 4.78 is 0. The fraction of sp³-hybridized carbons (Fsp3) is 0.615. The first-order valence-electron chi connectivity index (χ1n) is 6.70. The summed E-state index contributed by atoms with van der Waals surface area (Å²) in [5, 5.41) is 9.34. The Balaban J connectivity index is 1.98. The fourth-order valence-electron chi connectivity index (χ4n) is 2.57. The molecule has 0 radical (unpaired) electrons. The molecule has 0 bridgehead atoms. The lowest BCUT2D eigenvalue weighted by molar-refractivity contribution is -0.148. The van der Waals surface area contributed by atoms with Crippen LogP contribution in [-0.2, 0) is 11.3 Å². The molecule has 2 amide bonds. The Kier molecular flexibility index (Phi) is 3.96. The van der Waals surface area contributed by atoms with E-state index in [0.29, 0.717) is 31.8 Å². The highest BCUT2D eigenvalue weighted by Gasteiger charge is 2.45. The first kappa shape index (κ1) is 14.4. The summed E-state index contributed by atoms with van der Waals surface area (Å²) in [5.41, 5.74) is -0.790. The Labute approximate surface area is 117 Å². The lowest BCUT2D eigenvalue weighted by atomic mass is 9.84. The van der Waals surface area contributed by atoms with Crippen molar-refractivity contribution in [2.24, 2.45) is 5.41 Å². The molecule has 1 aliphatic heterocycles. The zero-order valence-electron chi connectivity index (χ0n) is 11.8. The van der Waals surface area contributed by atoms with Crippen LogP contribution in [0.25, 0.3) is 0 Å². The van der Waals surface area contributed by atoms with Gasteiger partial charge in [-0.3, -0.25) is 4.79 Å². The molecule has 1 fully saturated rings. The van der Waals surface area contributed by atoms with Gasteiger partial charge in [0.2, 0.25) is 0 Å². The van der Waals surface area contributed by atoms with E-state index in [-0.39, 0.29) is 12.6 Å². The zero-order chi connectivity index (χ0) is 14.8. The number of imidazole rings is 1. The second-order valence-corrected chi connectivity index (χ2v) is 5.29. The van der Waals surface area contributed by atoms with Crippen molar-refractivity contribution in [3.05, 3.63) is 18.2 Å². The lowest BCUT2D eigenvalue weighted by Crippen LogP contribution is -2.42. The Morgan fingerprint density at radius 2 is 2.35 bits per heavy atom. The van der Waals surface area contributed by atoms with Crippen LogP contribution in [0.2, 0.25) is 0 Å². The first-order chi connectivity index (χ1) is 9.48. The molecule has 0 aromatic carbocycles. The second-order valence-electron chi connectivity index (χ2n) is 5.29. The fourth-order valence-corrected chi connectivity index (χ4v) is 2.57. The van der Waals surface area contributed by atoms with Crippen LogP contribution in [0.4, 0.5) is 4.79 Å². The van der Waals surface area contributed by atoms with Crippen molar-refractivity contribution in [2.75, 3.05) is 20.1 Å². The molecule has 1 aromatic heterocycles. The maximum Gasteiger partial charge on any atom is 0.320 e. The standard InChI is InChI=1S/C13H20N4O3/c1-3-13(11(18)19)4-7-17(9-13)12(20)16(2)8-10-14-5-6-15-10/h5-6H,3-4,7-9H2,1-2H3,(H,14,15)(H,18,19). The van der Waals surface area contributed by atoms with E-state index in [1.165, 1.54) is 0 Å². The highest BCUT2D eigenvalue weighted by molar-refractivity contribution is 5.79. The van der Waals surface area contributed by atoms with Crippen LogP contribution in [0, 0.1) is 5.41 Å². The van der Waals surface area contributed by atoms with Gasteiger partial charge in [-0.2, -0.15) is 0 Å². The molecule has 1 atom stereocenters. The van der Waals surface area contributed by atoms with E-state index in [1.807, 2.05) is 6.92 Å². The molecule has 2 rings (SSSR count). The molecule has 1 saturated heterocycles. The number of hydrogen-bond acceptors (Lipinski definition) is 3. The number of nitrogens with one attached hydrogen (secondary N) is 1. The highest BCUT2D eigenvalue weighted by atomic mass is 16.4. The van der Waals surface area contributed by atoms with Crippen LogP contribution in [0.3, 0.4) is 0 Å². The number of aliphatic carboxylic acids is 1. The van der Waals surface area contributed by atoms with Crippen LogP contribution < -0.4 is 0 Å². The average Bonchev–Trinajstić information content (AvgIpc) is 3.07. The van der Waals surface area contributed by atoms with Gasteiger partial charge in [0.25, 0.3) is 0 Å². The average molecular weight is 280 g/mol. The van der Waals surface area contributed by atoms with Gasteiger partial charge in [0.05, 0.1) is 12.0 Å². The van der Waals surface area contributed by atoms with Gasteiger partial charge < -0.3 is 19.9 Å². The molecular weight excluding hydrogens is 260 g/mol. The third-order valence-corrected chi connectivity index (χ3v) is 4.02. The summed E-state index contributed by atoms with van der Waals surface area (Å²) in [6.07, 6.45) is 4.39. The number of urea groups is 1. The minimum atomic E-state index is -0.816. The molecule has 1 aromatic rings. The van der Waals surface area contributed by atoms with Crippen LogP contribution in [-0.4, -0.2) is 57.0 Å². The molecule has 7 heteroatoms. The maximum atomic E-state index is 12.3. The van der Waals surface area contributed by atoms with E-state index in [9.17, 15) is 14.7 Å². The summed E-state index contributed by atoms with van der Waals surface area (Å²) >= 11 is 0. The zero-order valence-corrected chi connectivity index (χ0v) is 11.8. The molecule has 2 heterocycles. The van der Waals surface area contributed by atoms with Gasteiger partial charge in [-0.25, -0.2) is 9.78 Å². The molecular formula is C13H20N4O3. The third kappa shape index (κ3) is 2.61. The Bertz CT molecular complexity index is 488. The number of aromatic amines is 1. The number of rotatable bonds is 4. The van der Waals surface area contributed by atoms with Crippen molar-refractivity contribution in [3.8, 4) is 0 Å². The molecule has 2 N–H and O–H groups in total. The minimum Gasteiger partial charge on any atom is -0.481 e. The van der Waals surface area contributed by atoms with E-state index in [1.54, 1.807) is 29.2 Å². The number of carboxylic acids is 1. The Morgan fingerprint density at radius 1 is 1.60 bits per heavy atom. The summed E-state index contributed by atoms with van der Waals surface area (Å²) in [4.78, 5) is 33.9. The predicted octanol–water partition coefficient (Wildman–Crippen LogP) is 1.15. The number of hydrogen-bond donors (Lipinski definition) is 2. The highest BCUT2D eigenvalue weighted by Crippen LogP contribution is 2.34. The number of carboxylic acid groups (broad SMARTS) is 1. The number of aromatic nitrogens is 2. The summed E-state index contributed by atoms with van der Waals surface area (Å²) in [6, 6.07) is -0.155. The topological polar surface area (TPSA) is 89.5 Å². The molecule has 0 aliphatic carbocycles. The van der Waals surface area contributed by atoms with Crippen molar-refractivity contribution >= 4 is 12.0 Å². The molecule has 110 valence electrons. The molecule has 0 saturated carbocycles. The third-order valence-electron chi connectivity index (χ3n) is 4.02. The molecule has 20 heavy (non-hydrogen) atoms. The van der Waals surface area contributed by atoms with Gasteiger partial charge in [0.15, 0.2) is 0 Å². The lowest BCUT2D eigenvalue weighted by Gasteiger charge is -2.26. The molecule has 0 spiro atoms. The Morgan fingerprint density at radius 3 is 2.85 bits per heavy atom. The van der Waals surface area contributed by atoms with Crippen molar-refractivity contribution in [1.29, 1.82) is 0 Å². The van der Waals surface area contributed by atoms with Crippen molar-refractivity contribution < 1.29 is 14.7 Å². The maximum absolute atomic E-state index is 12.3. The monoisotopic (exact) mass is 280 g/mol. The normalized spacial score (nSPS) is 22.0. The van der Waals surface area contributed by atoms with Crippen LogP contribution >= 0.6 is 0 Å².